The molecular weight excluding hydrogens is 206 g/mol. The quantitative estimate of drug-likeness (QED) is 0.787. The van der Waals surface area contributed by atoms with Crippen LogP contribution in [0.15, 0.2) is 18.2 Å². The summed E-state index contributed by atoms with van der Waals surface area (Å²) in [7, 11) is 0. The summed E-state index contributed by atoms with van der Waals surface area (Å²) in [6.07, 6.45) is 2.97. The summed E-state index contributed by atoms with van der Waals surface area (Å²) in [5, 5.41) is 8.83. The summed E-state index contributed by atoms with van der Waals surface area (Å²) < 4.78 is 0. The Bertz CT molecular complexity index is 422. The Morgan fingerprint density at radius 2 is 2.00 bits per heavy atom. The minimum Gasteiger partial charge on any atom is -0.478 e. The minimum absolute atomic E-state index is 0.157. The van der Waals surface area contributed by atoms with Gasteiger partial charge in [0.15, 0.2) is 6.29 Å². The fourth-order valence-electron chi connectivity index (χ4n) is 2.03. The lowest BCUT2D eigenvalue weighted by Gasteiger charge is -2.19. The van der Waals surface area contributed by atoms with Crippen LogP contribution in [-0.2, 0) is 0 Å². The van der Waals surface area contributed by atoms with Gasteiger partial charge in [-0.05, 0) is 31.0 Å². The van der Waals surface area contributed by atoms with E-state index in [9.17, 15) is 9.59 Å². The van der Waals surface area contributed by atoms with E-state index in [1.54, 1.807) is 12.1 Å². The lowest BCUT2D eigenvalue weighted by molar-refractivity contribution is 0.0697. The maximum absolute atomic E-state index is 10.9. The molecule has 0 amide bonds. The van der Waals surface area contributed by atoms with Crippen molar-refractivity contribution in [2.75, 3.05) is 18.0 Å². The predicted molar refractivity (Wildman–Crippen MR) is 60.2 cm³/mol. The maximum atomic E-state index is 10.9. The molecule has 1 saturated heterocycles. The molecule has 1 aliphatic heterocycles. The second-order valence-corrected chi connectivity index (χ2v) is 3.89. The molecule has 0 radical (unpaired) electrons. The van der Waals surface area contributed by atoms with E-state index in [1.807, 2.05) is 0 Å². The van der Waals surface area contributed by atoms with E-state index < -0.39 is 5.97 Å². The highest BCUT2D eigenvalue weighted by molar-refractivity contribution is 5.93. The SMILES string of the molecule is O=Cc1cc(C(=O)O)ccc1N1CCCC1. The first kappa shape index (κ1) is 10.7. The molecule has 1 N–H and O–H groups in total. The lowest BCUT2D eigenvalue weighted by atomic mass is 10.1. The molecule has 0 unspecified atom stereocenters. The molecule has 4 nitrogen and oxygen atoms in total. The number of carboxylic acid groups (broad SMARTS) is 1. The number of carboxylic acids is 1. The Labute approximate surface area is 93.5 Å². The summed E-state index contributed by atoms with van der Waals surface area (Å²) >= 11 is 0. The summed E-state index contributed by atoms with van der Waals surface area (Å²) in [6, 6.07) is 4.70. The van der Waals surface area contributed by atoms with Gasteiger partial charge >= 0.3 is 5.97 Å². The van der Waals surface area contributed by atoms with Crippen molar-refractivity contribution >= 4 is 17.9 Å². The van der Waals surface area contributed by atoms with E-state index in [4.69, 9.17) is 5.11 Å². The summed E-state index contributed by atoms with van der Waals surface area (Å²) in [5.41, 5.74) is 1.46. The molecule has 0 bridgehead atoms. The average Bonchev–Trinajstić information content (AvgIpc) is 2.81. The maximum Gasteiger partial charge on any atom is 0.335 e. The molecule has 1 aromatic rings. The van der Waals surface area contributed by atoms with Crippen LogP contribution in [-0.4, -0.2) is 30.5 Å². The van der Waals surface area contributed by atoms with Gasteiger partial charge in [0.25, 0.3) is 0 Å². The fraction of sp³-hybridized carbons (Fsp3) is 0.333. The molecule has 0 saturated carbocycles. The van der Waals surface area contributed by atoms with Gasteiger partial charge in [0.05, 0.1) is 5.56 Å². The molecule has 84 valence electrons. The van der Waals surface area contributed by atoms with E-state index >= 15 is 0 Å². The molecule has 0 aliphatic carbocycles. The number of aldehydes is 1. The first-order chi connectivity index (χ1) is 7.72. The summed E-state index contributed by atoms with van der Waals surface area (Å²) in [5.74, 6) is -1.00. The standard InChI is InChI=1S/C12H13NO3/c14-8-10-7-9(12(15)16)3-4-11(10)13-5-1-2-6-13/h3-4,7-8H,1-2,5-6H2,(H,15,16). The van der Waals surface area contributed by atoms with Crippen molar-refractivity contribution in [3.8, 4) is 0 Å². The summed E-state index contributed by atoms with van der Waals surface area (Å²) in [6.45, 7) is 1.88. The fourth-order valence-corrected chi connectivity index (χ4v) is 2.03. The number of carbonyl (C=O) groups excluding carboxylic acids is 1. The van der Waals surface area contributed by atoms with Crippen molar-refractivity contribution < 1.29 is 14.7 Å². The third kappa shape index (κ3) is 1.91. The first-order valence-corrected chi connectivity index (χ1v) is 5.30. The van der Waals surface area contributed by atoms with Gasteiger partial charge in [-0.1, -0.05) is 0 Å². The van der Waals surface area contributed by atoms with Crippen LogP contribution in [0.2, 0.25) is 0 Å². The number of anilines is 1. The van der Waals surface area contributed by atoms with Crippen LogP contribution in [0.3, 0.4) is 0 Å². The Hall–Kier alpha value is -1.84. The topological polar surface area (TPSA) is 57.6 Å². The summed E-state index contributed by atoms with van der Waals surface area (Å²) in [4.78, 5) is 23.8. The number of hydrogen-bond donors (Lipinski definition) is 1. The van der Waals surface area contributed by atoms with Crippen LogP contribution in [0.5, 0.6) is 0 Å². The number of aromatic carboxylic acids is 1. The van der Waals surface area contributed by atoms with Gasteiger partial charge in [-0.25, -0.2) is 4.79 Å². The van der Waals surface area contributed by atoms with Crippen LogP contribution < -0.4 is 4.90 Å². The molecule has 0 atom stereocenters. The molecule has 16 heavy (non-hydrogen) atoms. The number of carbonyl (C=O) groups is 2. The van der Waals surface area contributed by atoms with Crippen LogP contribution in [0, 0.1) is 0 Å². The number of rotatable bonds is 3. The van der Waals surface area contributed by atoms with Crippen molar-refractivity contribution in [2.45, 2.75) is 12.8 Å². The molecule has 1 fully saturated rings. The molecule has 1 heterocycles. The molecule has 0 aromatic heterocycles. The van der Waals surface area contributed by atoms with Crippen LogP contribution >= 0.6 is 0 Å². The number of nitrogens with zero attached hydrogens (tertiary/aromatic N) is 1. The Morgan fingerprint density at radius 3 is 2.56 bits per heavy atom. The van der Waals surface area contributed by atoms with Gasteiger partial charge in [0.2, 0.25) is 0 Å². The van der Waals surface area contributed by atoms with E-state index in [0.717, 1.165) is 37.9 Å². The highest BCUT2D eigenvalue weighted by Crippen LogP contribution is 2.24. The lowest BCUT2D eigenvalue weighted by Crippen LogP contribution is -2.19. The Morgan fingerprint density at radius 1 is 1.31 bits per heavy atom. The van der Waals surface area contributed by atoms with Crippen molar-refractivity contribution in [3.05, 3.63) is 29.3 Å². The zero-order valence-corrected chi connectivity index (χ0v) is 8.85. The van der Waals surface area contributed by atoms with Gasteiger partial charge in [-0.15, -0.1) is 0 Å². The van der Waals surface area contributed by atoms with Crippen molar-refractivity contribution in [1.82, 2.24) is 0 Å². The van der Waals surface area contributed by atoms with Crippen molar-refractivity contribution in [3.63, 3.8) is 0 Å². The second kappa shape index (κ2) is 4.35. The largest absolute Gasteiger partial charge is 0.478 e. The van der Waals surface area contributed by atoms with E-state index in [0.29, 0.717) is 5.56 Å². The first-order valence-electron chi connectivity index (χ1n) is 5.30. The highest BCUT2D eigenvalue weighted by Gasteiger charge is 2.16. The van der Waals surface area contributed by atoms with Gasteiger partial charge in [-0.3, -0.25) is 4.79 Å². The molecule has 4 heteroatoms. The third-order valence-electron chi connectivity index (χ3n) is 2.85. The molecule has 1 aliphatic rings. The Kier molecular flexibility index (Phi) is 2.90. The van der Waals surface area contributed by atoms with Crippen molar-refractivity contribution in [2.24, 2.45) is 0 Å². The highest BCUT2D eigenvalue weighted by atomic mass is 16.4. The van der Waals surface area contributed by atoms with E-state index in [1.165, 1.54) is 6.07 Å². The third-order valence-corrected chi connectivity index (χ3v) is 2.85. The molecule has 0 spiro atoms. The zero-order chi connectivity index (χ0) is 11.5. The number of benzene rings is 1. The smallest absolute Gasteiger partial charge is 0.335 e. The monoisotopic (exact) mass is 219 g/mol. The van der Waals surface area contributed by atoms with Crippen molar-refractivity contribution in [1.29, 1.82) is 0 Å². The average molecular weight is 219 g/mol. The Balaban J connectivity index is 2.38. The minimum atomic E-state index is -1.00. The van der Waals surface area contributed by atoms with Crippen LogP contribution in [0.1, 0.15) is 33.6 Å². The molecular formula is C12H13NO3. The predicted octanol–water partition coefficient (Wildman–Crippen LogP) is 1.80. The zero-order valence-electron chi connectivity index (χ0n) is 8.85. The van der Waals surface area contributed by atoms with E-state index in [-0.39, 0.29) is 5.56 Å². The normalized spacial score (nSPS) is 15.1. The van der Waals surface area contributed by atoms with Gasteiger partial charge in [0, 0.05) is 24.3 Å². The van der Waals surface area contributed by atoms with Crippen LogP contribution in [0.4, 0.5) is 5.69 Å². The van der Waals surface area contributed by atoms with Gasteiger partial charge in [0.1, 0.15) is 0 Å². The van der Waals surface area contributed by atoms with E-state index in [2.05, 4.69) is 4.90 Å². The second-order valence-electron chi connectivity index (χ2n) is 3.89. The van der Waals surface area contributed by atoms with Crippen LogP contribution in [0.25, 0.3) is 0 Å². The molecule has 1 aromatic carbocycles. The van der Waals surface area contributed by atoms with Gasteiger partial charge < -0.3 is 10.0 Å². The number of hydrogen-bond acceptors (Lipinski definition) is 3. The van der Waals surface area contributed by atoms with Gasteiger partial charge in [-0.2, -0.15) is 0 Å². The molecule has 2 rings (SSSR count).